The third-order valence-corrected chi connectivity index (χ3v) is 9.97. The van der Waals surface area contributed by atoms with Gasteiger partial charge in [0.25, 0.3) is 0 Å². The summed E-state index contributed by atoms with van der Waals surface area (Å²) in [4.78, 5) is 43.4. The maximum Gasteiger partial charge on any atom is 0.338 e. The third-order valence-electron chi connectivity index (χ3n) is 9.97. The van der Waals surface area contributed by atoms with E-state index in [-0.39, 0.29) is 34.9 Å². The van der Waals surface area contributed by atoms with Gasteiger partial charge in [0.1, 0.15) is 6.04 Å². The number of likely N-dealkylation sites (tertiary alicyclic amines) is 1. The van der Waals surface area contributed by atoms with E-state index in [0.717, 1.165) is 75.8 Å². The van der Waals surface area contributed by atoms with Gasteiger partial charge >= 0.3 is 18.0 Å². The number of fused-ring (bicyclic) bond motifs is 2. The highest BCUT2D eigenvalue weighted by molar-refractivity contribution is 6.01. The van der Waals surface area contributed by atoms with Gasteiger partial charge in [0.15, 0.2) is 11.6 Å². The first-order valence-corrected chi connectivity index (χ1v) is 15.2. The van der Waals surface area contributed by atoms with Gasteiger partial charge in [-0.3, -0.25) is 0 Å². The van der Waals surface area contributed by atoms with Crippen LogP contribution in [0.25, 0.3) is 0 Å². The van der Waals surface area contributed by atoms with Crippen LogP contribution in [0.15, 0.2) is 53.7 Å². The van der Waals surface area contributed by atoms with E-state index >= 15 is 0 Å². The lowest BCUT2D eigenvalue weighted by atomic mass is 9.73. The van der Waals surface area contributed by atoms with Crippen molar-refractivity contribution in [3.05, 3.63) is 82.1 Å². The zero-order valence-electron chi connectivity index (χ0n) is 25.0. The molecule has 4 amide bonds. The largest absolute Gasteiger partial charge is 0.466 e. The summed E-state index contributed by atoms with van der Waals surface area (Å²) in [5, 5.41) is 5.54. The summed E-state index contributed by atoms with van der Waals surface area (Å²) in [5.41, 5.74) is 3.28. The fourth-order valence-corrected chi connectivity index (χ4v) is 7.74. The number of carbonyl (C=O) groups excluding carboxylic acids is 3. The summed E-state index contributed by atoms with van der Waals surface area (Å²) in [6.45, 7) is 1.84. The van der Waals surface area contributed by atoms with E-state index in [0.29, 0.717) is 6.04 Å². The molecule has 2 heterocycles. The monoisotopic (exact) mass is 608 g/mol. The highest BCUT2D eigenvalue weighted by Crippen LogP contribution is 2.47. The van der Waals surface area contributed by atoms with Crippen LogP contribution in [-0.2, 0) is 26.1 Å². The molecule has 3 unspecified atom stereocenters. The smallest absolute Gasteiger partial charge is 0.338 e. The molecule has 2 fully saturated rings. The molecule has 2 aromatic carbocycles. The van der Waals surface area contributed by atoms with Crippen molar-refractivity contribution in [2.24, 2.45) is 0 Å². The maximum atomic E-state index is 14.4. The van der Waals surface area contributed by atoms with Gasteiger partial charge in [-0.05, 0) is 92.3 Å². The normalized spacial score (nSPS) is 24.8. The number of hydrogen-bond donors (Lipinski definition) is 2. The highest BCUT2D eigenvalue weighted by atomic mass is 19.2. The van der Waals surface area contributed by atoms with Crippen molar-refractivity contribution in [1.82, 2.24) is 20.4 Å². The number of aryl methyl sites for hydroxylation is 1. The number of benzene rings is 2. The number of amides is 4. The zero-order valence-corrected chi connectivity index (χ0v) is 25.0. The van der Waals surface area contributed by atoms with Crippen LogP contribution in [0.1, 0.15) is 61.3 Å². The van der Waals surface area contributed by atoms with Gasteiger partial charge in [-0.2, -0.15) is 0 Å². The van der Waals surface area contributed by atoms with Gasteiger partial charge in [-0.15, -0.1) is 0 Å². The Morgan fingerprint density at radius 2 is 1.82 bits per heavy atom. The minimum atomic E-state index is -1.36. The fraction of sp³-hybridized carbons (Fsp3) is 0.485. The number of hydrogen-bond acceptors (Lipinski definition) is 6. The fourth-order valence-electron chi connectivity index (χ4n) is 7.74. The van der Waals surface area contributed by atoms with Crippen LogP contribution in [-0.4, -0.2) is 73.8 Å². The van der Waals surface area contributed by atoms with Gasteiger partial charge in [0.2, 0.25) is 0 Å². The molecule has 0 radical (unpaired) electrons. The minimum Gasteiger partial charge on any atom is -0.466 e. The molecule has 3 atom stereocenters. The molecule has 1 saturated heterocycles. The van der Waals surface area contributed by atoms with Crippen LogP contribution in [0.4, 0.5) is 18.4 Å². The van der Waals surface area contributed by atoms with Crippen LogP contribution >= 0.6 is 0 Å². The van der Waals surface area contributed by atoms with Crippen LogP contribution < -0.4 is 10.6 Å². The van der Waals surface area contributed by atoms with E-state index in [4.69, 9.17) is 9.47 Å². The summed E-state index contributed by atoms with van der Waals surface area (Å²) in [7, 11) is 2.54. The van der Waals surface area contributed by atoms with Crippen molar-refractivity contribution < 1.29 is 32.6 Å². The lowest BCUT2D eigenvalue weighted by Crippen LogP contribution is -2.56. The third kappa shape index (κ3) is 5.47. The number of urea groups is 2. The molecule has 0 bridgehead atoms. The van der Waals surface area contributed by atoms with Crippen molar-refractivity contribution >= 4 is 18.0 Å². The Morgan fingerprint density at radius 3 is 2.55 bits per heavy atom. The van der Waals surface area contributed by atoms with Gasteiger partial charge < -0.3 is 25.0 Å². The van der Waals surface area contributed by atoms with E-state index in [1.165, 1.54) is 30.7 Å². The van der Waals surface area contributed by atoms with E-state index < -0.39 is 35.7 Å². The van der Waals surface area contributed by atoms with Gasteiger partial charge in [0, 0.05) is 19.2 Å². The molecule has 44 heavy (non-hydrogen) atoms. The summed E-state index contributed by atoms with van der Waals surface area (Å²) >= 11 is 0. The summed E-state index contributed by atoms with van der Waals surface area (Å²) in [6, 6.07) is 9.04. The Balaban J connectivity index is 1.17. The van der Waals surface area contributed by atoms with E-state index in [2.05, 4.69) is 39.8 Å². The van der Waals surface area contributed by atoms with Crippen molar-refractivity contribution in [1.29, 1.82) is 0 Å². The molecule has 2 N–H and O–H groups in total. The summed E-state index contributed by atoms with van der Waals surface area (Å²) < 4.78 is 38.4. The molecule has 2 aliphatic heterocycles. The van der Waals surface area contributed by atoms with E-state index in [1.807, 2.05) is 0 Å². The summed E-state index contributed by atoms with van der Waals surface area (Å²) in [5.74, 6) is -3.10. The van der Waals surface area contributed by atoms with Crippen LogP contribution in [0.2, 0.25) is 0 Å². The first-order chi connectivity index (χ1) is 21.2. The Morgan fingerprint density at radius 1 is 1.05 bits per heavy atom. The molecule has 11 heteroatoms. The number of esters is 1. The number of ether oxygens (including phenoxy) is 2. The number of halogens is 2. The second-order valence-corrected chi connectivity index (χ2v) is 12.3. The molecule has 4 aliphatic rings. The SMILES string of the molecule is COCC1=C(C(=O)OC)C(c2ccc(F)c(F)c2)N(C(=O)NC2CCC(N3CCC4(CCc5ccccc54)CC3)C2)C(=O)N1. The highest BCUT2D eigenvalue weighted by Gasteiger charge is 2.45. The first-order valence-electron chi connectivity index (χ1n) is 15.2. The van der Waals surface area contributed by atoms with E-state index in [1.54, 1.807) is 0 Å². The standard InChI is InChI=1S/C33H38F2N4O5/c1-43-19-27-28(30(40)44-2)29(21-7-10-25(34)26(35)17-21)39(32(42)37-27)31(41)36-22-8-9-23(18-22)38-15-13-33(14-16-38)12-11-20-5-3-4-6-24(20)33/h3-7,10,17,22-23,29H,8-9,11-16,18-19H2,1-2H3,(H,36,41)(H,37,42). The topological polar surface area (TPSA) is 100 Å². The van der Waals surface area contributed by atoms with Gasteiger partial charge in [0.05, 0.1) is 25.0 Å². The van der Waals surface area contributed by atoms with Crippen LogP contribution in [0, 0.1) is 11.6 Å². The minimum absolute atomic E-state index is 0.0444. The number of nitrogens with one attached hydrogen (secondary N) is 2. The Bertz CT molecular complexity index is 1490. The van der Waals surface area contributed by atoms with Gasteiger partial charge in [-0.25, -0.2) is 28.1 Å². The van der Waals surface area contributed by atoms with Crippen LogP contribution in [0.3, 0.4) is 0 Å². The average molecular weight is 609 g/mol. The number of imide groups is 1. The summed E-state index contributed by atoms with van der Waals surface area (Å²) in [6.07, 6.45) is 6.97. The van der Waals surface area contributed by atoms with E-state index in [9.17, 15) is 23.2 Å². The zero-order chi connectivity index (χ0) is 31.0. The molecular weight excluding hydrogens is 570 g/mol. The Hall–Kier alpha value is -3.83. The predicted octanol–water partition coefficient (Wildman–Crippen LogP) is 4.72. The Labute approximate surface area is 255 Å². The second kappa shape index (κ2) is 12.3. The number of nitrogens with zero attached hydrogens (tertiary/aromatic N) is 2. The second-order valence-electron chi connectivity index (χ2n) is 12.3. The molecule has 234 valence electrons. The molecule has 1 saturated carbocycles. The van der Waals surface area contributed by atoms with Crippen molar-refractivity contribution in [2.45, 2.75) is 68.5 Å². The lowest BCUT2D eigenvalue weighted by molar-refractivity contribution is -0.137. The molecule has 0 aromatic heterocycles. The Kier molecular flexibility index (Phi) is 8.43. The molecule has 1 spiro atoms. The number of rotatable bonds is 6. The molecule has 6 rings (SSSR count). The number of methoxy groups -OCH3 is 2. The number of piperidine rings is 1. The molecular formula is C33H38F2N4O5. The molecule has 9 nitrogen and oxygen atoms in total. The molecule has 2 aromatic rings. The van der Waals surface area contributed by atoms with Crippen molar-refractivity contribution in [3.63, 3.8) is 0 Å². The number of carbonyl (C=O) groups is 3. The average Bonchev–Trinajstić information content (AvgIpc) is 3.63. The lowest BCUT2D eigenvalue weighted by Gasteiger charge is -2.42. The van der Waals surface area contributed by atoms with Crippen molar-refractivity contribution in [2.75, 3.05) is 33.9 Å². The molecule has 2 aliphatic carbocycles. The first kappa shape index (κ1) is 30.2. The quantitative estimate of drug-likeness (QED) is 0.461. The predicted molar refractivity (Wildman–Crippen MR) is 158 cm³/mol. The van der Waals surface area contributed by atoms with Crippen molar-refractivity contribution in [3.8, 4) is 0 Å². The van der Waals surface area contributed by atoms with Gasteiger partial charge in [-0.1, -0.05) is 30.3 Å². The van der Waals surface area contributed by atoms with Crippen LogP contribution in [0.5, 0.6) is 0 Å². The maximum absolute atomic E-state index is 14.4.